The van der Waals surface area contributed by atoms with Crippen molar-refractivity contribution < 1.29 is 14.0 Å². The molecule has 0 unspecified atom stereocenters. The first-order chi connectivity index (χ1) is 11.7. The van der Waals surface area contributed by atoms with Crippen LogP contribution in [0.4, 0.5) is 0 Å². The first-order valence-corrected chi connectivity index (χ1v) is 9.03. The van der Waals surface area contributed by atoms with Gasteiger partial charge in [0.05, 0.1) is 6.26 Å². The number of likely N-dealkylation sites (N-methyl/N-ethyl adjacent to an activating group) is 1. The van der Waals surface area contributed by atoms with Gasteiger partial charge in [-0.15, -0.1) is 0 Å². The van der Waals surface area contributed by atoms with Gasteiger partial charge in [-0.05, 0) is 44.4 Å². The van der Waals surface area contributed by atoms with Crippen molar-refractivity contribution in [2.75, 3.05) is 32.7 Å². The van der Waals surface area contributed by atoms with Crippen LogP contribution in [0.15, 0.2) is 22.8 Å². The highest BCUT2D eigenvalue weighted by atomic mass is 16.3. The molecular weight excluding hydrogens is 306 g/mol. The monoisotopic (exact) mass is 333 g/mol. The molecule has 2 fully saturated rings. The van der Waals surface area contributed by atoms with Crippen LogP contribution < -0.4 is 5.32 Å². The maximum atomic E-state index is 12.7. The number of nitrogens with one attached hydrogen (secondary N) is 1. The van der Waals surface area contributed by atoms with Crippen molar-refractivity contribution in [1.29, 1.82) is 0 Å². The summed E-state index contributed by atoms with van der Waals surface area (Å²) >= 11 is 0. The third-order valence-corrected chi connectivity index (χ3v) is 5.29. The van der Waals surface area contributed by atoms with E-state index >= 15 is 0 Å². The van der Waals surface area contributed by atoms with E-state index in [9.17, 15) is 9.59 Å². The predicted octanol–water partition coefficient (Wildman–Crippen LogP) is 1.73. The number of nitrogens with zero attached hydrogens (tertiary/aromatic N) is 2. The molecule has 1 saturated carbocycles. The lowest BCUT2D eigenvalue weighted by atomic mass is 9.85. The third kappa shape index (κ3) is 3.98. The van der Waals surface area contributed by atoms with E-state index in [2.05, 4.69) is 17.1 Å². The highest BCUT2D eigenvalue weighted by Gasteiger charge is 2.31. The lowest BCUT2D eigenvalue weighted by molar-refractivity contribution is -0.138. The van der Waals surface area contributed by atoms with Crippen LogP contribution in [0.3, 0.4) is 0 Å². The molecule has 0 radical (unpaired) electrons. The minimum Gasteiger partial charge on any atom is -0.459 e. The molecule has 1 aromatic rings. The smallest absolute Gasteiger partial charge is 0.287 e. The quantitative estimate of drug-likeness (QED) is 0.911. The van der Waals surface area contributed by atoms with Crippen LogP contribution in [0.2, 0.25) is 0 Å². The zero-order chi connectivity index (χ0) is 16.9. The van der Waals surface area contributed by atoms with Crippen molar-refractivity contribution in [3.8, 4) is 0 Å². The minimum absolute atomic E-state index is 0.120. The summed E-state index contributed by atoms with van der Waals surface area (Å²) in [5.41, 5.74) is 0. The summed E-state index contributed by atoms with van der Waals surface area (Å²) in [6, 6.07) is 3.52. The fraction of sp³-hybridized carbons (Fsp3) is 0.667. The van der Waals surface area contributed by atoms with Gasteiger partial charge in [-0.2, -0.15) is 0 Å². The topological polar surface area (TPSA) is 65.8 Å². The Hall–Kier alpha value is -1.82. The summed E-state index contributed by atoms with van der Waals surface area (Å²) in [4.78, 5) is 29.1. The van der Waals surface area contributed by atoms with E-state index in [0.29, 0.717) is 11.7 Å². The molecule has 6 heteroatoms. The van der Waals surface area contributed by atoms with Crippen LogP contribution in [0.25, 0.3) is 0 Å². The number of amides is 2. The van der Waals surface area contributed by atoms with Gasteiger partial charge in [-0.3, -0.25) is 9.59 Å². The van der Waals surface area contributed by atoms with Gasteiger partial charge in [0.1, 0.15) is 0 Å². The van der Waals surface area contributed by atoms with E-state index in [1.807, 2.05) is 4.90 Å². The number of carbonyl (C=O) groups is 2. The Morgan fingerprint density at radius 2 is 1.88 bits per heavy atom. The SMILES string of the molecule is CCN1CCN(C(=O)C2CCC(NC(=O)c3ccco3)CC2)CC1. The van der Waals surface area contributed by atoms with Crippen molar-refractivity contribution in [3.05, 3.63) is 24.2 Å². The lowest BCUT2D eigenvalue weighted by Gasteiger charge is -2.37. The Kier molecular flexibility index (Phi) is 5.56. The number of furan rings is 1. The summed E-state index contributed by atoms with van der Waals surface area (Å²) in [5, 5.41) is 3.01. The molecule has 0 bridgehead atoms. The van der Waals surface area contributed by atoms with Crippen molar-refractivity contribution in [2.45, 2.75) is 38.6 Å². The summed E-state index contributed by atoms with van der Waals surface area (Å²) in [7, 11) is 0. The molecule has 2 amide bonds. The molecule has 132 valence electrons. The zero-order valence-corrected chi connectivity index (χ0v) is 14.4. The second-order valence-corrected chi connectivity index (χ2v) is 6.76. The molecule has 3 rings (SSSR count). The first kappa shape index (κ1) is 17.0. The van der Waals surface area contributed by atoms with Crippen molar-refractivity contribution >= 4 is 11.8 Å². The summed E-state index contributed by atoms with van der Waals surface area (Å²) < 4.78 is 5.12. The van der Waals surface area contributed by atoms with Gasteiger partial charge in [-0.25, -0.2) is 0 Å². The number of hydrogen-bond acceptors (Lipinski definition) is 4. The molecule has 6 nitrogen and oxygen atoms in total. The molecule has 1 aliphatic carbocycles. The molecule has 0 aromatic carbocycles. The fourth-order valence-corrected chi connectivity index (χ4v) is 3.69. The Labute approximate surface area is 143 Å². The Morgan fingerprint density at radius 1 is 1.17 bits per heavy atom. The van der Waals surface area contributed by atoms with Crippen LogP contribution in [-0.4, -0.2) is 60.4 Å². The van der Waals surface area contributed by atoms with E-state index in [1.165, 1.54) is 6.26 Å². The third-order valence-electron chi connectivity index (χ3n) is 5.29. The summed E-state index contributed by atoms with van der Waals surface area (Å²) in [5.74, 6) is 0.615. The van der Waals surface area contributed by atoms with Crippen molar-refractivity contribution in [1.82, 2.24) is 15.1 Å². The molecule has 2 heterocycles. The van der Waals surface area contributed by atoms with Crippen LogP contribution in [0, 0.1) is 5.92 Å². The molecule has 0 spiro atoms. The van der Waals surface area contributed by atoms with Crippen molar-refractivity contribution in [3.63, 3.8) is 0 Å². The molecule has 1 N–H and O–H groups in total. The van der Waals surface area contributed by atoms with Gasteiger partial charge in [-0.1, -0.05) is 6.92 Å². The maximum absolute atomic E-state index is 12.7. The van der Waals surface area contributed by atoms with Crippen LogP contribution in [0.5, 0.6) is 0 Å². The van der Waals surface area contributed by atoms with Gasteiger partial charge in [0.25, 0.3) is 5.91 Å². The van der Waals surface area contributed by atoms with Gasteiger partial charge in [0, 0.05) is 38.1 Å². The highest BCUT2D eigenvalue weighted by molar-refractivity contribution is 5.91. The average Bonchev–Trinajstić information content (AvgIpc) is 3.17. The Bertz CT molecular complexity index is 542. The maximum Gasteiger partial charge on any atom is 0.287 e. The first-order valence-electron chi connectivity index (χ1n) is 9.03. The Morgan fingerprint density at radius 3 is 2.46 bits per heavy atom. The van der Waals surface area contributed by atoms with E-state index in [0.717, 1.165) is 58.4 Å². The Balaban J connectivity index is 1.43. The minimum atomic E-state index is -0.162. The molecule has 1 saturated heterocycles. The zero-order valence-electron chi connectivity index (χ0n) is 14.4. The predicted molar refractivity (Wildman–Crippen MR) is 90.6 cm³/mol. The van der Waals surface area contributed by atoms with E-state index in [-0.39, 0.29) is 17.9 Å². The normalized spacial score (nSPS) is 25.5. The molecule has 1 aromatic heterocycles. The van der Waals surface area contributed by atoms with Crippen LogP contribution in [-0.2, 0) is 4.79 Å². The van der Waals surface area contributed by atoms with Gasteiger partial charge < -0.3 is 19.5 Å². The summed E-state index contributed by atoms with van der Waals surface area (Å²) in [6.07, 6.45) is 4.93. The molecular formula is C18H27N3O3. The lowest BCUT2D eigenvalue weighted by Crippen LogP contribution is -2.51. The van der Waals surface area contributed by atoms with Gasteiger partial charge >= 0.3 is 0 Å². The molecule has 0 atom stereocenters. The van der Waals surface area contributed by atoms with Crippen LogP contribution >= 0.6 is 0 Å². The average molecular weight is 333 g/mol. The van der Waals surface area contributed by atoms with Crippen molar-refractivity contribution in [2.24, 2.45) is 5.92 Å². The van der Waals surface area contributed by atoms with E-state index < -0.39 is 0 Å². The van der Waals surface area contributed by atoms with Gasteiger partial charge in [0.15, 0.2) is 5.76 Å². The van der Waals surface area contributed by atoms with Crippen LogP contribution in [0.1, 0.15) is 43.2 Å². The van der Waals surface area contributed by atoms with E-state index in [1.54, 1.807) is 12.1 Å². The molecule has 1 aliphatic heterocycles. The van der Waals surface area contributed by atoms with Gasteiger partial charge in [0.2, 0.25) is 5.91 Å². The highest BCUT2D eigenvalue weighted by Crippen LogP contribution is 2.26. The molecule has 24 heavy (non-hydrogen) atoms. The molecule has 2 aliphatic rings. The number of hydrogen-bond donors (Lipinski definition) is 1. The summed E-state index contributed by atoms with van der Waals surface area (Å²) in [6.45, 7) is 6.88. The largest absolute Gasteiger partial charge is 0.459 e. The van der Waals surface area contributed by atoms with E-state index in [4.69, 9.17) is 4.42 Å². The number of piperazine rings is 1. The standard InChI is InChI=1S/C18H27N3O3/c1-2-20-9-11-21(12-10-20)18(23)14-5-7-15(8-6-14)19-17(22)16-4-3-13-24-16/h3-4,13-15H,2,5-12H2,1H3,(H,19,22). The second kappa shape index (κ2) is 7.83. The fourth-order valence-electron chi connectivity index (χ4n) is 3.69. The second-order valence-electron chi connectivity index (χ2n) is 6.76. The number of rotatable bonds is 4. The number of carbonyl (C=O) groups excluding carboxylic acids is 2.